The maximum Gasteiger partial charge on any atom is 0.182 e. The molecule has 0 aliphatic carbocycles. The maximum atomic E-state index is 11.7. The van der Waals surface area contributed by atoms with Crippen molar-refractivity contribution >= 4 is 47.5 Å². The Kier molecular flexibility index (Phi) is 10.4. The molecule has 1 heterocycles. The lowest BCUT2D eigenvalue weighted by molar-refractivity contribution is 0.295. The lowest BCUT2D eigenvalue weighted by Gasteiger charge is -2.06. The van der Waals surface area contributed by atoms with Gasteiger partial charge in [-0.2, -0.15) is 0 Å². The summed E-state index contributed by atoms with van der Waals surface area (Å²) in [5.74, 6) is -0.151. The van der Waals surface area contributed by atoms with Gasteiger partial charge in [-0.05, 0) is 34.8 Å². The fourth-order valence-electron chi connectivity index (χ4n) is 1.10. The van der Waals surface area contributed by atoms with Crippen molar-refractivity contribution in [2.24, 2.45) is 0 Å². The third kappa shape index (κ3) is 7.53. The molecule has 0 saturated heterocycles. The first-order chi connectivity index (χ1) is 9.38. The summed E-state index contributed by atoms with van der Waals surface area (Å²) in [4.78, 5) is 3.75. The minimum Gasteiger partial charge on any atom is -0.396 e. The Bertz CT molecular complexity index is 495. The number of aliphatic hydroxyl groups is 2. The van der Waals surface area contributed by atoms with Gasteiger partial charge >= 0.3 is 0 Å². The zero-order chi connectivity index (χ0) is 15.6. The summed E-state index contributed by atoms with van der Waals surface area (Å²) < 4.78 is 24.0. The van der Waals surface area contributed by atoms with Crippen LogP contribution >= 0.6 is 31.9 Å². The number of hydrogen-bond donors (Lipinski definition) is 3. The second-order valence-corrected chi connectivity index (χ2v) is 7.49. The van der Waals surface area contributed by atoms with E-state index in [1.807, 2.05) is 0 Å². The Balaban J connectivity index is 0.000000621. The number of hydrogen-bond acceptors (Lipinski definition) is 6. The Morgan fingerprint density at radius 1 is 1.25 bits per heavy atom. The number of aromatic nitrogens is 1. The van der Waals surface area contributed by atoms with Crippen LogP contribution in [0.4, 0.5) is 5.82 Å². The molecule has 0 atom stereocenters. The van der Waals surface area contributed by atoms with Crippen molar-refractivity contribution in [3.63, 3.8) is 0 Å². The van der Waals surface area contributed by atoms with E-state index in [0.717, 1.165) is 11.8 Å². The summed E-state index contributed by atoms with van der Waals surface area (Å²) in [6, 6.07) is 1.41. The number of nitrogens with zero attached hydrogens (tertiary/aromatic N) is 1. The highest BCUT2D eigenvalue weighted by Gasteiger charge is 2.18. The minimum atomic E-state index is -3.45. The molecule has 20 heavy (non-hydrogen) atoms. The fourth-order valence-corrected chi connectivity index (χ4v) is 3.25. The molecule has 0 spiro atoms. The predicted octanol–water partition coefficient (Wildman–Crippen LogP) is 1.35. The largest absolute Gasteiger partial charge is 0.396 e. The number of nitrogens with two attached hydrogens (primary N) is 1. The second kappa shape index (κ2) is 10.5. The van der Waals surface area contributed by atoms with Gasteiger partial charge in [0.05, 0.1) is 5.75 Å². The van der Waals surface area contributed by atoms with E-state index in [9.17, 15) is 8.42 Å². The number of aliphatic hydroxyl groups excluding tert-OH is 2. The van der Waals surface area contributed by atoms with E-state index in [1.54, 1.807) is 0 Å². The number of nitrogen functional groups attached to an aromatic ring is 1. The molecule has 0 amide bonds. The van der Waals surface area contributed by atoms with Gasteiger partial charge in [-0.3, -0.25) is 0 Å². The second-order valence-electron chi connectivity index (χ2n) is 3.70. The molecule has 0 unspecified atom stereocenters. The lowest BCUT2D eigenvalue weighted by Crippen LogP contribution is -2.11. The van der Waals surface area contributed by atoms with Gasteiger partial charge in [0.2, 0.25) is 0 Å². The molecule has 116 valence electrons. The summed E-state index contributed by atoms with van der Waals surface area (Å²) in [5, 5.41) is 17.5. The topological polar surface area (TPSA) is 114 Å². The smallest absolute Gasteiger partial charge is 0.182 e. The Morgan fingerprint density at radius 2 is 1.85 bits per heavy atom. The Hall–Kier alpha value is -0.220. The van der Waals surface area contributed by atoms with Crippen LogP contribution in [-0.4, -0.2) is 47.9 Å². The molecule has 0 aromatic carbocycles. The van der Waals surface area contributed by atoms with Crippen molar-refractivity contribution in [1.29, 1.82) is 0 Å². The molecular formula is C11H18Br2N2O4S. The van der Waals surface area contributed by atoms with Crippen LogP contribution in [0.15, 0.2) is 21.6 Å². The minimum absolute atomic E-state index is 0.00493. The first-order valence-electron chi connectivity index (χ1n) is 5.80. The molecule has 0 aliphatic heterocycles. The molecule has 9 heteroatoms. The standard InChI is InChI=1S/C8H11BrN2O3S.C3H7BrO/c9-6-4-7(8(10)11-5-6)15(13,14)3-1-2-12;4-2-1-3-5/h4-5,12H,1-3H2,(H2,10,11);5H,1-3H2. The SMILES string of the molecule is Nc1ncc(Br)cc1S(=O)(=O)CCCO.OCCCBr. The summed E-state index contributed by atoms with van der Waals surface area (Å²) in [6.07, 6.45) is 2.48. The normalized spacial score (nSPS) is 10.8. The molecule has 0 bridgehead atoms. The van der Waals surface area contributed by atoms with E-state index in [1.165, 1.54) is 12.3 Å². The van der Waals surface area contributed by atoms with E-state index in [2.05, 4.69) is 36.8 Å². The van der Waals surface area contributed by atoms with Crippen LogP contribution in [0.2, 0.25) is 0 Å². The number of halogens is 2. The van der Waals surface area contributed by atoms with Crippen LogP contribution in [-0.2, 0) is 9.84 Å². The zero-order valence-electron chi connectivity index (χ0n) is 10.8. The lowest BCUT2D eigenvalue weighted by atomic mass is 10.5. The van der Waals surface area contributed by atoms with Crippen LogP contribution in [0.1, 0.15) is 12.8 Å². The van der Waals surface area contributed by atoms with E-state index in [-0.39, 0.29) is 29.5 Å². The van der Waals surface area contributed by atoms with Crippen molar-refractivity contribution in [3.8, 4) is 0 Å². The van der Waals surface area contributed by atoms with Crippen LogP contribution in [0.25, 0.3) is 0 Å². The Labute approximate surface area is 135 Å². The number of pyridine rings is 1. The summed E-state index contributed by atoms with van der Waals surface area (Å²) in [6.45, 7) is 0.131. The summed E-state index contributed by atoms with van der Waals surface area (Å²) in [5.41, 5.74) is 5.47. The molecule has 0 fully saturated rings. The Morgan fingerprint density at radius 3 is 2.30 bits per heavy atom. The molecule has 0 saturated carbocycles. The van der Waals surface area contributed by atoms with Crippen molar-refractivity contribution in [2.75, 3.05) is 30.0 Å². The molecule has 0 radical (unpaired) electrons. The molecule has 1 aromatic heterocycles. The predicted molar refractivity (Wildman–Crippen MR) is 85.6 cm³/mol. The quantitative estimate of drug-likeness (QED) is 0.583. The van der Waals surface area contributed by atoms with Crippen molar-refractivity contribution < 1.29 is 18.6 Å². The van der Waals surface area contributed by atoms with Crippen LogP contribution in [0.5, 0.6) is 0 Å². The number of alkyl halides is 1. The van der Waals surface area contributed by atoms with Gasteiger partial charge < -0.3 is 15.9 Å². The molecule has 1 aromatic rings. The third-order valence-electron chi connectivity index (χ3n) is 2.05. The number of sulfone groups is 1. The maximum absolute atomic E-state index is 11.7. The highest BCUT2D eigenvalue weighted by atomic mass is 79.9. The fraction of sp³-hybridized carbons (Fsp3) is 0.545. The highest BCUT2D eigenvalue weighted by Crippen LogP contribution is 2.21. The highest BCUT2D eigenvalue weighted by molar-refractivity contribution is 9.10. The van der Waals surface area contributed by atoms with Crippen molar-refractivity contribution in [3.05, 3.63) is 16.7 Å². The molecule has 4 N–H and O–H groups in total. The van der Waals surface area contributed by atoms with Crippen LogP contribution in [0, 0.1) is 0 Å². The van der Waals surface area contributed by atoms with E-state index < -0.39 is 9.84 Å². The first kappa shape index (κ1) is 19.8. The van der Waals surface area contributed by atoms with Crippen molar-refractivity contribution in [2.45, 2.75) is 17.7 Å². The van der Waals surface area contributed by atoms with Gasteiger partial charge in [0.25, 0.3) is 0 Å². The van der Waals surface area contributed by atoms with E-state index in [0.29, 0.717) is 11.1 Å². The number of anilines is 1. The van der Waals surface area contributed by atoms with E-state index >= 15 is 0 Å². The van der Waals surface area contributed by atoms with Gasteiger partial charge in [-0.1, -0.05) is 15.9 Å². The molecule has 1 rings (SSSR count). The molecule has 0 aliphatic rings. The average Bonchev–Trinajstić information content (AvgIpc) is 2.41. The average molecular weight is 434 g/mol. The first-order valence-corrected chi connectivity index (χ1v) is 9.37. The van der Waals surface area contributed by atoms with Gasteiger partial charge in [0.1, 0.15) is 10.7 Å². The zero-order valence-corrected chi connectivity index (χ0v) is 14.8. The van der Waals surface area contributed by atoms with Crippen LogP contribution < -0.4 is 5.73 Å². The van der Waals surface area contributed by atoms with Gasteiger partial charge in [0, 0.05) is 29.2 Å². The van der Waals surface area contributed by atoms with Gasteiger partial charge in [0.15, 0.2) is 9.84 Å². The van der Waals surface area contributed by atoms with Crippen molar-refractivity contribution in [1.82, 2.24) is 4.98 Å². The monoisotopic (exact) mass is 432 g/mol. The summed E-state index contributed by atoms with van der Waals surface area (Å²) >= 11 is 6.27. The van der Waals surface area contributed by atoms with Crippen LogP contribution in [0.3, 0.4) is 0 Å². The molecule has 6 nitrogen and oxygen atoms in total. The van der Waals surface area contributed by atoms with Gasteiger partial charge in [-0.25, -0.2) is 13.4 Å². The summed E-state index contributed by atoms with van der Waals surface area (Å²) in [7, 11) is -3.45. The number of rotatable bonds is 6. The van der Waals surface area contributed by atoms with E-state index in [4.69, 9.17) is 15.9 Å². The third-order valence-corrected chi connectivity index (χ3v) is 4.86. The van der Waals surface area contributed by atoms with Gasteiger partial charge in [-0.15, -0.1) is 0 Å². The molecular weight excluding hydrogens is 416 g/mol.